The fourth-order valence-corrected chi connectivity index (χ4v) is 2.40. The van der Waals surface area contributed by atoms with Crippen LogP contribution < -0.4 is 5.32 Å². The molecule has 0 atom stereocenters. The van der Waals surface area contributed by atoms with Gasteiger partial charge in [-0.3, -0.25) is 10.1 Å². The van der Waals surface area contributed by atoms with Crippen molar-refractivity contribution in [2.75, 3.05) is 5.32 Å². The molecule has 0 saturated carbocycles. The SMILES string of the molecule is CC(C)c1nnc(NC(=O)c2ccccc2CC#N)s1. The first kappa shape index (κ1) is 14.2. The molecule has 0 aliphatic carbocycles. The molecule has 2 aromatic rings. The van der Waals surface area contributed by atoms with Gasteiger partial charge in [0.2, 0.25) is 5.13 Å². The van der Waals surface area contributed by atoms with Crippen LogP contribution in [0, 0.1) is 11.3 Å². The molecular formula is C14H14N4OS. The summed E-state index contributed by atoms with van der Waals surface area (Å²) < 4.78 is 0. The Morgan fingerprint density at radius 3 is 2.80 bits per heavy atom. The van der Waals surface area contributed by atoms with Crippen LogP contribution in [-0.2, 0) is 6.42 Å². The van der Waals surface area contributed by atoms with Crippen LogP contribution in [0.1, 0.15) is 40.7 Å². The van der Waals surface area contributed by atoms with E-state index in [-0.39, 0.29) is 18.2 Å². The van der Waals surface area contributed by atoms with Gasteiger partial charge in [-0.05, 0) is 11.6 Å². The Bertz CT molecular complexity index is 657. The summed E-state index contributed by atoms with van der Waals surface area (Å²) in [4.78, 5) is 12.2. The standard InChI is InChI=1S/C14H14N4OS/c1-9(2)13-17-18-14(20-13)16-12(19)11-6-4-3-5-10(11)7-8-15/h3-6,9H,7H2,1-2H3,(H,16,18,19). The number of nitriles is 1. The molecule has 0 aliphatic rings. The zero-order valence-electron chi connectivity index (χ0n) is 11.3. The predicted octanol–water partition coefficient (Wildman–Crippen LogP) is 2.98. The average Bonchev–Trinajstić information content (AvgIpc) is 2.88. The number of benzene rings is 1. The van der Waals surface area contributed by atoms with Gasteiger partial charge in [-0.1, -0.05) is 43.4 Å². The molecule has 0 aliphatic heterocycles. The van der Waals surface area contributed by atoms with Crippen molar-refractivity contribution >= 4 is 22.4 Å². The van der Waals surface area contributed by atoms with Gasteiger partial charge < -0.3 is 0 Å². The number of hydrogen-bond donors (Lipinski definition) is 1. The fraction of sp³-hybridized carbons (Fsp3) is 0.286. The third kappa shape index (κ3) is 3.19. The lowest BCUT2D eigenvalue weighted by molar-refractivity contribution is 0.102. The number of carbonyl (C=O) groups is 1. The van der Waals surface area contributed by atoms with Crippen LogP contribution >= 0.6 is 11.3 Å². The number of amides is 1. The van der Waals surface area contributed by atoms with Crippen molar-refractivity contribution in [2.24, 2.45) is 0 Å². The quantitative estimate of drug-likeness (QED) is 0.937. The molecule has 0 bridgehead atoms. The summed E-state index contributed by atoms with van der Waals surface area (Å²) in [5, 5.41) is 20.8. The normalized spacial score (nSPS) is 10.3. The molecule has 1 heterocycles. The lowest BCUT2D eigenvalue weighted by Crippen LogP contribution is -2.14. The smallest absolute Gasteiger partial charge is 0.257 e. The molecule has 6 heteroatoms. The fourth-order valence-electron chi connectivity index (χ4n) is 1.66. The van der Waals surface area contributed by atoms with E-state index in [1.165, 1.54) is 11.3 Å². The van der Waals surface area contributed by atoms with Gasteiger partial charge in [0.1, 0.15) is 5.01 Å². The minimum absolute atomic E-state index is 0.205. The first-order valence-corrected chi connectivity index (χ1v) is 7.03. The van der Waals surface area contributed by atoms with Crippen LogP contribution in [-0.4, -0.2) is 16.1 Å². The number of anilines is 1. The Balaban J connectivity index is 2.17. The van der Waals surface area contributed by atoms with Crippen LogP contribution in [0.15, 0.2) is 24.3 Å². The van der Waals surface area contributed by atoms with Gasteiger partial charge >= 0.3 is 0 Å². The van der Waals surface area contributed by atoms with Crippen molar-refractivity contribution in [1.29, 1.82) is 5.26 Å². The Morgan fingerprint density at radius 2 is 2.15 bits per heavy atom. The number of hydrogen-bond acceptors (Lipinski definition) is 5. The van der Waals surface area contributed by atoms with Crippen LogP contribution in [0.3, 0.4) is 0 Å². The van der Waals surface area contributed by atoms with E-state index in [4.69, 9.17) is 5.26 Å². The molecule has 20 heavy (non-hydrogen) atoms. The number of carbonyl (C=O) groups excluding carboxylic acids is 1. The molecule has 2 rings (SSSR count). The number of rotatable bonds is 4. The van der Waals surface area contributed by atoms with E-state index in [9.17, 15) is 4.79 Å². The van der Waals surface area contributed by atoms with E-state index >= 15 is 0 Å². The van der Waals surface area contributed by atoms with Crippen molar-refractivity contribution in [3.8, 4) is 6.07 Å². The number of aromatic nitrogens is 2. The highest BCUT2D eigenvalue weighted by atomic mass is 32.1. The zero-order valence-corrected chi connectivity index (χ0v) is 12.1. The van der Waals surface area contributed by atoms with Crippen molar-refractivity contribution in [3.05, 3.63) is 40.4 Å². The zero-order chi connectivity index (χ0) is 14.5. The Morgan fingerprint density at radius 1 is 1.40 bits per heavy atom. The van der Waals surface area contributed by atoms with E-state index in [2.05, 4.69) is 21.6 Å². The molecule has 1 aromatic carbocycles. The van der Waals surface area contributed by atoms with Gasteiger partial charge in [-0.25, -0.2) is 0 Å². The first-order valence-electron chi connectivity index (χ1n) is 6.21. The van der Waals surface area contributed by atoms with Gasteiger partial charge in [0, 0.05) is 11.5 Å². The molecule has 0 saturated heterocycles. The van der Waals surface area contributed by atoms with Gasteiger partial charge in [-0.15, -0.1) is 10.2 Å². The Labute approximate surface area is 121 Å². The summed E-state index contributed by atoms with van der Waals surface area (Å²) in [6.45, 7) is 4.04. The molecule has 0 fully saturated rings. The monoisotopic (exact) mass is 286 g/mol. The topological polar surface area (TPSA) is 78.7 Å². The molecule has 0 unspecified atom stereocenters. The maximum atomic E-state index is 12.2. The van der Waals surface area contributed by atoms with Gasteiger partial charge in [-0.2, -0.15) is 5.26 Å². The third-order valence-corrected chi connectivity index (χ3v) is 3.83. The van der Waals surface area contributed by atoms with Crippen LogP contribution in [0.25, 0.3) is 0 Å². The minimum atomic E-state index is -0.262. The number of nitrogens with one attached hydrogen (secondary N) is 1. The van der Waals surface area contributed by atoms with E-state index in [0.717, 1.165) is 5.01 Å². The lowest BCUT2D eigenvalue weighted by atomic mass is 10.0. The summed E-state index contributed by atoms with van der Waals surface area (Å²) in [5.41, 5.74) is 1.21. The van der Waals surface area contributed by atoms with E-state index < -0.39 is 0 Å². The van der Waals surface area contributed by atoms with Crippen molar-refractivity contribution < 1.29 is 4.79 Å². The van der Waals surface area contributed by atoms with Crippen LogP contribution in [0.2, 0.25) is 0 Å². The van der Waals surface area contributed by atoms with Crippen molar-refractivity contribution in [2.45, 2.75) is 26.2 Å². The molecule has 0 radical (unpaired) electrons. The van der Waals surface area contributed by atoms with Crippen LogP contribution in [0.4, 0.5) is 5.13 Å². The van der Waals surface area contributed by atoms with Gasteiger partial charge in [0.05, 0.1) is 12.5 Å². The highest BCUT2D eigenvalue weighted by molar-refractivity contribution is 7.15. The highest BCUT2D eigenvalue weighted by Gasteiger charge is 2.14. The number of nitrogens with zero attached hydrogens (tertiary/aromatic N) is 3. The summed E-state index contributed by atoms with van der Waals surface area (Å²) >= 11 is 1.36. The third-order valence-electron chi connectivity index (χ3n) is 2.69. The summed E-state index contributed by atoms with van der Waals surface area (Å²) in [6.07, 6.45) is 0.205. The average molecular weight is 286 g/mol. The molecule has 1 N–H and O–H groups in total. The molecular weight excluding hydrogens is 272 g/mol. The Hall–Kier alpha value is -2.26. The second kappa shape index (κ2) is 6.26. The maximum Gasteiger partial charge on any atom is 0.257 e. The van der Waals surface area contributed by atoms with Crippen molar-refractivity contribution in [3.63, 3.8) is 0 Å². The first-order chi connectivity index (χ1) is 9.61. The summed E-state index contributed by atoms with van der Waals surface area (Å²) in [5.74, 6) is 0.0198. The van der Waals surface area contributed by atoms with E-state index in [0.29, 0.717) is 16.3 Å². The van der Waals surface area contributed by atoms with Crippen molar-refractivity contribution in [1.82, 2.24) is 10.2 Å². The predicted molar refractivity (Wildman–Crippen MR) is 77.7 cm³/mol. The summed E-state index contributed by atoms with van der Waals surface area (Å²) in [6, 6.07) is 9.12. The van der Waals surface area contributed by atoms with Gasteiger partial charge in [0.15, 0.2) is 0 Å². The molecule has 1 amide bonds. The second-order valence-corrected chi connectivity index (χ2v) is 5.56. The molecule has 102 valence electrons. The molecule has 5 nitrogen and oxygen atoms in total. The molecule has 1 aromatic heterocycles. The lowest BCUT2D eigenvalue weighted by Gasteiger charge is -2.05. The Kier molecular flexibility index (Phi) is 4.43. The largest absolute Gasteiger partial charge is 0.296 e. The van der Waals surface area contributed by atoms with E-state index in [1.807, 2.05) is 19.9 Å². The highest BCUT2D eigenvalue weighted by Crippen LogP contribution is 2.23. The summed E-state index contributed by atoms with van der Waals surface area (Å²) in [7, 11) is 0. The second-order valence-electron chi connectivity index (χ2n) is 4.55. The van der Waals surface area contributed by atoms with Gasteiger partial charge in [0.25, 0.3) is 5.91 Å². The molecule has 0 spiro atoms. The minimum Gasteiger partial charge on any atom is -0.296 e. The maximum absolute atomic E-state index is 12.2. The van der Waals surface area contributed by atoms with E-state index in [1.54, 1.807) is 18.2 Å². The van der Waals surface area contributed by atoms with Crippen LogP contribution in [0.5, 0.6) is 0 Å².